The number of rotatable bonds is 5. The highest BCUT2D eigenvalue weighted by molar-refractivity contribution is 5.30. The minimum Gasteiger partial charge on any atom is -0.384 e. The molecule has 1 aromatic heterocycles. The summed E-state index contributed by atoms with van der Waals surface area (Å²) in [6.45, 7) is 11.0. The molecule has 92 valence electrons. The molecule has 2 N–H and O–H groups in total. The second kappa shape index (κ2) is 5.37. The van der Waals surface area contributed by atoms with Crippen molar-refractivity contribution >= 4 is 5.82 Å². The number of aromatic nitrogens is 2. The van der Waals surface area contributed by atoms with E-state index in [1.165, 1.54) is 0 Å². The molecule has 0 fully saturated rings. The Hall–Kier alpha value is -0.990. The molecule has 0 bridgehead atoms. The van der Waals surface area contributed by atoms with Crippen molar-refractivity contribution in [3.05, 3.63) is 11.8 Å². The zero-order valence-electron chi connectivity index (χ0n) is 11.2. The molecule has 0 aliphatic heterocycles. The molecular formula is C13H25N3. The summed E-state index contributed by atoms with van der Waals surface area (Å²) in [6.07, 6.45) is 2.28. The zero-order valence-corrected chi connectivity index (χ0v) is 11.2. The van der Waals surface area contributed by atoms with Crippen LogP contribution in [0, 0.1) is 18.8 Å². The van der Waals surface area contributed by atoms with Crippen molar-refractivity contribution in [1.29, 1.82) is 0 Å². The van der Waals surface area contributed by atoms with Gasteiger partial charge in [0, 0.05) is 6.07 Å². The van der Waals surface area contributed by atoms with Gasteiger partial charge in [0.05, 0.1) is 11.7 Å². The van der Waals surface area contributed by atoms with E-state index in [2.05, 4.69) is 32.8 Å². The van der Waals surface area contributed by atoms with E-state index < -0.39 is 0 Å². The van der Waals surface area contributed by atoms with Gasteiger partial charge in [-0.1, -0.05) is 27.7 Å². The SMILES string of the molecule is Cc1cc(N)n(C(CC(C)C)CC(C)C)n1. The van der Waals surface area contributed by atoms with Gasteiger partial charge in [-0.3, -0.25) is 0 Å². The molecule has 1 heterocycles. The molecule has 3 heteroatoms. The van der Waals surface area contributed by atoms with E-state index in [1.807, 2.05) is 17.7 Å². The second-order valence-electron chi connectivity index (χ2n) is 5.57. The predicted molar refractivity (Wildman–Crippen MR) is 69.3 cm³/mol. The van der Waals surface area contributed by atoms with Gasteiger partial charge in [-0.2, -0.15) is 5.10 Å². The highest BCUT2D eigenvalue weighted by Crippen LogP contribution is 2.27. The molecule has 0 saturated carbocycles. The molecule has 16 heavy (non-hydrogen) atoms. The molecule has 0 spiro atoms. The van der Waals surface area contributed by atoms with Gasteiger partial charge in [-0.15, -0.1) is 0 Å². The van der Waals surface area contributed by atoms with E-state index in [1.54, 1.807) is 0 Å². The summed E-state index contributed by atoms with van der Waals surface area (Å²) in [6, 6.07) is 2.39. The fourth-order valence-electron chi connectivity index (χ4n) is 2.21. The van der Waals surface area contributed by atoms with E-state index in [0.717, 1.165) is 24.4 Å². The van der Waals surface area contributed by atoms with Gasteiger partial charge in [0.15, 0.2) is 0 Å². The lowest BCUT2D eigenvalue weighted by Crippen LogP contribution is -2.17. The van der Waals surface area contributed by atoms with E-state index in [-0.39, 0.29) is 0 Å². The fourth-order valence-corrected chi connectivity index (χ4v) is 2.21. The molecule has 1 aromatic rings. The van der Waals surface area contributed by atoms with Crippen molar-refractivity contribution in [1.82, 2.24) is 9.78 Å². The maximum absolute atomic E-state index is 5.99. The average molecular weight is 223 g/mol. The quantitative estimate of drug-likeness (QED) is 0.831. The van der Waals surface area contributed by atoms with Crippen molar-refractivity contribution in [3.63, 3.8) is 0 Å². The van der Waals surface area contributed by atoms with E-state index in [9.17, 15) is 0 Å². The van der Waals surface area contributed by atoms with Crippen LogP contribution in [-0.4, -0.2) is 9.78 Å². The van der Waals surface area contributed by atoms with Crippen LogP contribution >= 0.6 is 0 Å². The molecule has 0 aliphatic carbocycles. The van der Waals surface area contributed by atoms with Gasteiger partial charge in [0.25, 0.3) is 0 Å². The molecule has 0 unspecified atom stereocenters. The van der Waals surface area contributed by atoms with Crippen molar-refractivity contribution < 1.29 is 0 Å². The minimum absolute atomic E-state index is 0.439. The maximum atomic E-state index is 5.99. The number of anilines is 1. The first-order valence-corrected chi connectivity index (χ1v) is 6.21. The molecule has 0 atom stereocenters. The smallest absolute Gasteiger partial charge is 0.122 e. The molecule has 0 radical (unpaired) electrons. The largest absolute Gasteiger partial charge is 0.384 e. The van der Waals surface area contributed by atoms with E-state index in [4.69, 9.17) is 5.73 Å². The van der Waals surface area contributed by atoms with Crippen LogP contribution in [0.5, 0.6) is 0 Å². The van der Waals surface area contributed by atoms with Crippen LogP contribution < -0.4 is 5.73 Å². The molecule has 0 aromatic carbocycles. The molecule has 1 rings (SSSR count). The number of nitrogens with two attached hydrogens (primary N) is 1. The fraction of sp³-hybridized carbons (Fsp3) is 0.769. The molecule has 0 saturated heterocycles. The lowest BCUT2D eigenvalue weighted by molar-refractivity contribution is 0.319. The third-order valence-electron chi connectivity index (χ3n) is 2.72. The Balaban J connectivity index is 2.86. The number of hydrogen-bond acceptors (Lipinski definition) is 2. The highest BCUT2D eigenvalue weighted by atomic mass is 15.3. The van der Waals surface area contributed by atoms with Gasteiger partial charge < -0.3 is 5.73 Å². The summed E-state index contributed by atoms with van der Waals surface area (Å²) in [7, 11) is 0. The molecule has 0 aliphatic rings. The van der Waals surface area contributed by atoms with Gasteiger partial charge in [-0.25, -0.2) is 4.68 Å². The molecule has 0 amide bonds. The van der Waals surface area contributed by atoms with E-state index in [0.29, 0.717) is 17.9 Å². The number of nitrogens with zero attached hydrogens (tertiary/aromatic N) is 2. The van der Waals surface area contributed by atoms with Crippen molar-refractivity contribution in [3.8, 4) is 0 Å². The summed E-state index contributed by atoms with van der Waals surface area (Å²) < 4.78 is 2.01. The first-order chi connectivity index (χ1) is 7.40. The summed E-state index contributed by atoms with van der Waals surface area (Å²) in [5.41, 5.74) is 7.00. The Kier molecular flexibility index (Phi) is 4.39. The standard InChI is InChI=1S/C13H25N3/c1-9(2)6-12(7-10(3)4)16-13(14)8-11(5)15-16/h8-10,12H,6-7,14H2,1-5H3. The van der Waals surface area contributed by atoms with Crippen LogP contribution in [0.15, 0.2) is 6.07 Å². The first kappa shape index (κ1) is 13.1. The van der Waals surface area contributed by atoms with Crippen LogP contribution in [0.1, 0.15) is 52.3 Å². The molecule has 3 nitrogen and oxygen atoms in total. The first-order valence-electron chi connectivity index (χ1n) is 6.21. The van der Waals surface area contributed by atoms with Gasteiger partial charge >= 0.3 is 0 Å². The zero-order chi connectivity index (χ0) is 12.3. The van der Waals surface area contributed by atoms with Gasteiger partial charge in [0.1, 0.15) is 5.82 Å². The van der Waals surface area contributed by atoms with Crippen LogP contribution in [0.25, 0.3) is 0 Å². The number of aryl methyl sites for hydroxylation is 1. The Morgan fingerprint density at radius 3 is 2.00 bits per heavy atom. The van der Waals surface area contributed by atoms with Crippen LogP contribution in [-0.2, 0) is 0 Å². The molecular weight excluding hydrogens is 198 g/mol. The summed E-state index contributed by atoms with van der Waals surface area (Å²) in [5.74, 6) is 2.14. The number of hydrogen-bond donors (Lipinski definition) is 1. The summed E-state index contributed by atoms with van der Waals surface area (Å²) >= 11 is 0. The minimum atomic E-state index is 0.439. The lowest BCUT2D eigenvalue weighted by atomic mass is 9.96. The average Bonchev–Trinajstić information content (AvgIpc) is 2.42. The second-order valence-corrected chi connectivity index (χ2v) is 5.57. The van der Waals surface area contributed by atoms with Crippen molar-refractivity contribution in [2.24, 2.45) is 11.8 Å². The van der Waals surface area contributed by atoms with Gasteiger partial charge in [-0.05, 0) is 31.6 Å². The van der Waals surface area contributed by atoms with Crippen LogP contribution in [0.2, 0.25) is 0 Å². The monoisotopic (exact) mass is 223 g/mol. The van der Waals surface area contributed by atoms with Crippen molar-refractivity contribution in [2.45, 2.75) is 53.5 Å². The Bertz CT molecular complexity index is 316. The third kappa shape index (κ3) is 3.54. The lowest BCUT2D eigenvalue weighted by Gasteiger charge is -2.22. The Morgan fingerprint density at radius 1 is 1.19 bits per heavy atom. The van der Waals surface area contributed by atoms with E-state index >= 15 is 0 Å². The summed E-state index contributed by atoms with van der Waals surface area (Å²) in [4.78, 5) is 0. The van der Waals surface area contributed by atoms with Crippen molar-refractivity contribution in [2.75, 3.05) is 5.73 Å². The third-order valence-corrected chi connectivity index (χ3v) is 2.72. The number of nitrogen functional groups attached to an aromatic ring is 1. The Labute approximate surface area is 99.0 Å². The van der Waals surface area contributed by atoms with Crippen LogP contribution in [0.4, 0.5) is 5.82 Å². The van der Waals surface area contributed by atoms with Crippen LogP contribution in [0.3, 0.4) is 0 Å². The highest BCUT2D eigenvalue weighted by Gasteiger charge is 2.17. The summed E-state index contributed by atoms with van der Waals surface area (Å²) in [5, 5.41) is 4.51. The normalized spacial score (nSPS) is 12.0. The van der Waals surface area contributed by atoms with Gasteiger partial charge in [0.2, 0.25) is 0 Å². The predicted octanol–water partition coefficient (Wildman–Crippen LogP) is 3.41. The topological polar surface area (TPSA) is 43.8 Å². The maximum Gasteiger partial charge on any atom is 0.122 e. The Morgan fingerprint density at radius 2 is 1.69 bits per heavy atom.